The van der Waals surface area contributed by atoms with E-state index in [9.17, 15) is 9.59 Å². The van der Waals surface area contributed by atoms with E-state index >= 15 is 0 Å². The summed E-state index contributed by atoms with van der Waals surface area (Å²) in [5, 5.41) is 11.1. The van der Waals surface area contributed by atoms with Crippen LogP contribution in [-0.2, 0) is 11.2 Å². The van der Waals surface area contributed by atoms with Gasteiger partial charge in [0, 0.05) is 49.1 Å². The third-order valence-electron chi connectivity index (χ3n) is 6.63. The number of aromatic nitrogens is 4. The standard InChI is InChI=1S/C24H25Cl2N9O3/c25-14-3-1-13(2-4-14)23-30-17(38-34-23)5-6-18(37)35-9-7-24(8-10-35)12-29-16(33-24)11-15(36)19-21(27)32-22(28)20(26)31-19/h1-4,11,29,33H,5-10,12H2,(H4,27,28,32)/b16-11+. The zero-order valence-electron chi connectivity index (χ0n) is 20.2. The number of allylic oxidation sites excluding steroid dienone is 1. The van der Waals surface area contributed by atoms with Crippen LogP contribution in [0.2, 0.25) is 10.2 Å². The summed E-state index contributed by atoms with van der Waals surface area (Å²) < 4.78 is 5.31. The normalized spacial score (nSPS) is 17.4. The zero-order valence-corrected chi connectivity index (χ0v) is 21.7. The van der Waals surface area contributed by atoms with Crippen molar-refractivity contribution in [3.05, 3.63) is 57.9 Å². The van der Waals surface area contributed by atoms with Gasteiger partial charge in [-0.1, -0.05) is 28.4 Å². The Morgan fingerprint density at radius 1 is 1.08 bits per heavy atom. The van der Waals surface area contributed by atoms with Crippen molar-refractivity contribution in [3.63, 3.8) is 0 Å². The van der Waals surface area contributed by atoms with Crippen molar-refractivity contribution in [1.82, 2.24) is 35.6 Å². The summed E-state index contributed by atoms with van der Waals surface area (Å²) in [4.78, 5) is 39.5. The number of carbonyl (C=O) groups is 2. The Morgan fingerprint density at radius 3 is 2.55 bits per heavy atom. The molecule has 1 aromatic carbocycles. The Hall–Kier alpha value is -3.90. The largest absolute Gasteiger partial charge is 0.382 e. The molecular weight excluding hydrogens is 533 g/mol. The van der Waals surface area contributed by atoms with Crippen molar-refractivity contribution in [2.75, 3.05) is 31.1 Å². The van der Waals surface area contributed by atoms with E-state index in [1.807, 2.05) is 17.0 Å². The lowest BCUT2D eigenvalue weighted by atomic mass is 9.88. The van der Waals surface area contributed by atoms with E-state index in [1.165, 1.54) is 6.08 Å². The van der Waals surface area contributed by atoms with Crippen molar-refractivity contribution >= 4 is 46.5 Å². The number of hydrogen-bond acceptors (Lipinski definition) is 11. The van der Waals surface area contributed by atoms with E-state index in [0.717, 1.165) is 5.56 Å². The van der Waals surface area contributed by atoms with Gasteiger partial charge in [-0.2, -0.15) is 4.98 Å². The molecule has 6 N–H and O–H groups in total. The highest BCUT2D eigenvalue weighted by Crippen LogP contribution is 2.27. The monoisotopic (exact) mass is 557 g/mol. The summed E-state index contributed by atoms with van der Waals surface area (Å²) in [6, 6.07) is 7.13. The highest BCUT2D eigenvalue weighted by atomic mass is 35.5. The third kappa shape index (κ3) is 5.50. The number of rotatable bonds is 6. The van der Waals surface area contributed by atoms with E-state index in [2.05, 4.69) is 30.7 Å². The second-order valence-electron chi connectivity index (χ2n) is 9.21. The van der Waals surface area contributed by atoms with Gasteiger partial charge in [0.25, 0.3) is 0 Å². The average Bonchev–Trinajstić information content (AvgIpc) is 3.53. The lowest BCUT2D eigenvalue weighted by Crippen LogP contribution is -2.53. The molecule has 0 aliphatic carbocycles. The van der Waals surface area contributed by atoms with Crippen molar-refractivity contribution in [3.8, 4) is 11.4 Å². The van der Waals surface area contributed by atoms with Crippen LogP contribution in [0, 0.1) is 0 Å². The Kier molecular flexibility index (Phi) is 7.09. The molecular formula is C24H25Cl2N9O3. The first-order chi connectivity index (χ1) is 18.2. The van der Waals surface area contributed by atoms with Gasteiger partial charge in [0.05, 0.1) is 5.54 Å². The van der Waals surface area contributed by atoms with Crippen LogP contribution in [0.5, 0.6) is 0 Å². The minimum absolute atomic E-state index is 0.0253. The number of nitrogens with one attached hydrogen (secondary N) is 2. The number of nitrogens with zero attached hydrogens (tertiary/aromatic N) is 5. The molecule has 5 rings (SSSR count). The van der Waals surface area contributed by atoms with Crippen LogP contribution in [0.1, 0.15) is 35.6 Å². The van der Waals surface area contributed by atoms with Crippen molar-refractivity contribution < 1.29 is 14.1 Å². The van der Waals surface area contributed by atoms with Gasteiger partial charge in [-0.25, -0.2) is 9.97 Å². The first-order valence-electron chi connectivity index (χ1n) is 11.9. The van der Waals surface area contributed by atoms with Crippen LogP contribution in [-0.4, -0.2) is 61.9 Å². The zero-order chi connectivity index (χ0) is 26.9. The average molecular weight is 558 g/mol. The van der Waals surface area contributed by atoms with E-state index in [0.29, 0.717) is 61.5 Å². The molecule has 12 nitrogen and oxygen atoms in total. The number of nitrogens with two attached hydrogens (primary N) is 2. The number of carbonyl (C=O) groups excluding carboxylic acids is 2. The van der Waals surface area contributed by atoms with Crippen LogP contribution < -0.4 is 22.1 Å². The lowest BCUT2D eigenvalue weighted by molar-refractivity contribution is -0.132. The van der Waals surface area contributed by atoms with Crippen LogP contribution in [0.15, 0.2) is 40.7 Å². The van der Waals surface area contributed by atoms with Gasteiger partial charge in [-0.3, -0.25) is 9.59 Å². The number of anilines is 2. The predicted molar refractivity (Wildman–Crippen MR) is 141 cm³/mol. The summed E-state index contributed by atoms with van der Waals surface area (Å²) in [6.07, 6.45) is 3.44. The van der Waals surface area contributed by atoms with E-state index in [1.54, 1.807) is 12.1 Å². The number of amides is 1. The molecule has 0 radical (unpaired) electrons. The molecule has 2 saturated heterocycles. The number of likely N-dealkylation sites (tertiary alicyclic amines) is 1. The summed E-state index contributed by atoms with van der Waals surface area (Å²) in [5.41, 5.74) is 11.8. The third-order valence-corrected chi connectivity index (χ3v) is 7.16. The van der Waals surface area contributed by atoms with Gasteiger partial charge in [0.2, 0.25) is 23.4 Å². The minimum atomic E-state index is -0.447. The number of benzene rings is 1. The fraction of sp³-hybridized carbons (Fsp3) is 0.333. The number of ketones is 1. The maximum atomic E-state index is 12.8. The SMILES string of the molecule is Nc1nc(N)c(C(=O)/C=C2\NCC3(CCN(C(=O)CCc4nc(-c5ccc(Cl)cc5)no4)CC3)N2)nc1Cl. The molecule has 2 fully saturated rings. The Balaban J connectivity index is 1.12. The fourth-order valence-electron chi connectivity index (χ4n) is 4.48. The summed E-state index contributed by atoms with van der Waals surface area (Å²) >= 11 is 11.8. The fourth-order valence-corrected chi connectivity index (χ4v) is 4.73. The second kappa shape index (κ2) is 10.5. The van der Waals surface area contributed by atoms with Crippen LogP contribution >= 0.6 is 23.2 Å². The Bertz CT molecular complexity index is 1400. The van der Waals surface area contributed by atoms with Gasteiger partial charge in [-0.05, 0) is 37.1 Å². The number of hydrogen-bond donors (Lipinski definition) is 4. The van der Waals surface area contributed by atoms with Crippen LogP contribution in [0.4, 0.5) is 11.6 Å². The number of nitrogen functional groups attached to an aromatic ring is 2. The molecule has 2 aromatic heterocycles. The van der Waals surface area contributed by atoms with Gasteiger partial charge in [0.1, 0.15) is 5.82 Å². The Morgan fingerprint density at radius 2 is 1.82 bits per heavy atom. The van der Waals surface area contributed by atoms with Crippen molar-refractivity contribution in [2.24, 2.45) is 0 Å². The summed E-state index contributed by atoms with van der Waals surface area (Å²) in [7, 11) is 0. The summed E-state index contributed by atoms with van der Waals surface area (Å²) in [6.45, 7) is 1.79. The van der Waals surface area contributed by atoms with Crippen LogP contribution in [0.3, 0.4) is 0 Å². The second-order valence-corrected chi connectivity index (χ2v) is 10.0. The smallest absolute Gasteiger partial charge is 0.227 e. The van der Waals surface area contributed by atoms with Crippen molar-refractivity contribution in [1.29, 1.82) is 0 Å². The molecule has 0 bridgehead atoms. The minimum Gasteiger partial charge on any atom is -0.382 e. The highest BCUT2D eigenvalue weighted by Gasteiger charge is 2.40. The summed E-state index contributed by atoms with van der Waals surface area (Å²) in [5.74, 6) is 0.873. The maximum absolute atomic E-state index is 12.8. The number of aryl methyl sites for hydroxylation is 1. The van der Waals surface area contributed by atoms with Gasteiger partial charge < -0.3 is 31.5 Å². The quantitative estimate of drug-likeness (QED) is 0.258. The molecule has 38 heavy (non-hydrogen) atoms. The molecule has 1 amide bonds. The molecule has 198 valence electrons. The molecule has 0 saturated carbocycles. The molecule has 2 aliphatic heterocycles. The molecule has 4 heterocycles. The molecule has 0 atom stereocenters. The number of piperidine rings is 1. The molecule has 0 unspecified atom stereocenters. The first kappa shape index (κ1) is 25.7. The predicted octanol–water partition coefficient (Wildman–Crippen LogP) is 2.21. The molecule has 14 heteroatoms. The Labute approximate surface area is 227 Å². The van der Waals surface area contributed by atoms with E-state index in [-0.39, 0.29) is 40.3 Å². The van der Waals surface area contributed by atoms with Gasteiger partial charge in [-0.15, -0.1) is 0 Å². The highest BCUT2D eigenvalue weighted by molar-refractivity contribution is 6.32. The lowest BCUT2D eigenvalue weighted by Gasteiger charge is -2.38. The first-order valence-corrected chi connectivity index (χ1v) is 12.7. The number of halogens is 2. The molecule has 1 spiro atoms. The maximum Gasteiger partial charge on any atom is 0.227 e. The van der Waals surface area contributed by atoms with Gasteiger partial charge in [0.15, 0.2) is 22.5 Å². The van der Waals surface area contributed by atoms with Crippen molar-refractivity contribution in [2.45, 2.75) is 31.2 Å². The van der Waals surface area contributed by atoms with Crippen LogP contribution in [0.25, 0.3) is 11.4 Å². The van der Waals surface area contributed by atoms with E-state index < -0.39 is 5.78 Å². The van der Waals surface area contributed by atoms with E-state index in [4.69, 9.17) is 39.2 Å². The molecule has 3 aromatic rings. The molecule has 2 aliphatic rings. The topological polar surface area (TPSA) is 178 Å². The van der Waals surface area contributed by atoms with Gasteiger partial charge >= 0.3 is 0 Å².